The van der Waals surface area contributed by atoms with Crippen LogP contribution >= 0.6 is 11.8 Å². The molecule has 4 aromatic rings. The number of hydrogen-bond acceptors (Lipinski definition) is 6. The third-order valence-electron chi connectivity index (χ3n) is 4.89. The molecular weight excluding hydrogens is 400 g/mol. The molecule has 0 radical (unpaired) electrons. The molecule has 0 spiro atoms. The molecule has 7 heteroatoms. The third kappa shape index (κ3) is 3.52. The Morgan fingerprint density at radius 2 is 1.83 bits per heavy atom. The summed E-state index contributed by atoms with van der Waals surface area (Å²) in [6.07, 6.45) is 1.45. The number of ether oxygens (including phenoxy) is 1. The van der Waals surface area contributed by atoms with Crippen molar-refractivity contribution in [3.8, 4) is 5.69 Å². The van der Waals surface area contributed by atoms with Crippen molar-refractivity contribution in [2.75, 3.05) is 7.11 Å². The SMILES string of the molecule is COC(=O)c1ccoc1CSc1nc2ccccc2c(=O)n1-c1c(C)cccc1C. The molecule has 2 aromatic carbocycles. The minimum absolute atomic E-state index is 0.131. The monoisotopic (exact) mass is 420 g/mol. The number of furan rings is 1. The Balaban J connectivity index is 1.86. The minimum atomic E-state index is -0.460. The summed E-state index contributed by atoms with van der Waals surface area (Å²) >= 11 is 1.34. The Hall–Kier alpha value is -3.32. The Kier molecular flexibility index (Phi) is 5.46. The van der Waals surface area contributed by atoms with Gasteiger partial charge >= 0.3 is 5.97 Å². The van der Waals surface area contributed by atoms with E-state index in [2.05, 4.69) is 0 Å². The number of benzene rings is 2. The summed E-state index contributed by atoms with van der Waals surface area (Å²) in [7, 11) is 1.33. The molecule has 0 aliphatic heterocycles. The Morgan fingerprint density at radius 1 is 1.10 bits per heavy atom. The van der Waals surface area contributed by atoms with Gasteiger partial charge in [-0.3, -0.25) is 9.36 Å². The summed E-state index contributed by atoms with van der Waals surface area (Å²) in [6, 6.07) is 14.8. The fraction of sp³-hybridized carbons (Fsp3) is 0.174. The van der Waals surface area contributed by atoms with E-state index in [0.717, 1.165) is 16.8 Å². The number of methoxy groups -OCH3 is 1. The second-order valence-corrected chi connectivity index (χ2v) is 7.77. The summed E-state index contributed by atoms with van der Waals surface area (Å²) in [5, 5.41) is 1.08. The van der Waals surface area contributed by atoms with Gasteiger partial charge in [-0.25, -0.2) is 9.78 Å². The predicted molar refractivity (Wildman–Crippen MR) is 116 cm³/mol. The van der Waals surface area contributed by atoms with E-state index >= 15 is 0 Å². The third-order valence-corrected chi connectivity index (χ3v) is 5.83. The molecule has 0 amide bonds. The van der Waals surface area contributed by atoms with E-state index in [1.54, 1.807) is 16.7 Å². The van der Waals surface area contributed by atoms with Crippen LogP contribution in [0.3, 0.4) is 0 Å². The van der Waals surface area contributed by atoms with Crippen LogP contribution in [0.4, 0.5) is 0 Å². The Bertz CT molecular complexity index is 1290. The lowest BCUT2D eigenvalue weighted by Gasteiger charge is -2.17. The Labute approximate surface area is 177 Å². The fourth-order valence-electron chi connectivity index (χ4n) is 3.44. The van der Waals surface area contributed by atoms with Gasteiger partial charge in [0.05, 0.1) is 35.7 Å². The highest BCUT2D eigenvalue weighted by Crippen LogP contribution is 2.28. The number of hydrogen-bond donors (Lipinski definition) is 0. The number of para-hydroxylation sites is 2. The van der Waals surface area contributed by atoms with Gasteiger partial charge in [0, 0.05) is 0 Å². The van der Waals surface area contributed by atoms with Gasteiger partial charge in [0.25, 0.3) is 5.56 Å². The second kappa shape index (κ2) is 8.20. The van der Waals surface area contributed by atoms with Crippen molar-refractivity contribution in [1.82, 2.24) is 9.55 Å². The Morgan fingerprint density at radius 3 is 2.57 bits per heavy atom. The van der Waals surface area contributed by atoms with Crippen molar-refractivity contribution in [1.29, 1.82) is 0 Å². The maximum atomic E-state index is 13.4. The first kappa shape index (κ1) is 20.0. The number of thioether (sulfide) groups is 1. The number of aryl methyl sites for hydroxylation is 2. The highest BCUT2D eigenvalue weighted by Gasteiger charge is 2.19. The molecule has 6 nitrogen and oxygen atoms in total. The molecule has 0 saturated heterocycles. The number of carbonyl (C=O) groups is 1. The molecular formula is C23H20N2O4S. The van der Waals surface area contributed by atoms with Crippen LogP contribution in [0.25, 0.3) is 16.6 Å². The largest absolute Gasteiger partial charge is 0.468 e. The van der Waals surface area contributed by atoms with Crippen LogP contribution in [0, 0.1) is 13.8 Å². The van der Waals surface area contributed by atoms with E-state index in [9.17, 15) is 9.59 Å². The number of rotatable bonds is 5. The maximum absolute atomic E-state index is 13.4. The first-order valence-electron chi connectivity index (χ1n) is 9.37. The van der Waals surface area contributed by atoms with E-state index in [1.165, 1.54) is 25.1 Å². The maximum Gasteiger partial charge on any atom is 0.341 e. The lowest BCUT2D eigenvalue weighted by atomic mass is 10.1. The molecule has 0 aliphatic carbocycles. The van der Waals surface area contributed by atoms with Gasteiger partial charge in [-0.1, -0.05) is 42.1 Å². The first-order valence-corrected chi connectivity index (χ1v) is 10.4. The van der Waals surface area contributed by atoms with Crippen LogP contribution in [0.5, 0.6) is 0 Å². The second-order valence-electron chi connectivity index (χ2n) is 6.83. The lowest BCUT2D eigenvalue weighted by Crippen LogP contribution is -2.23. The van der Waals surface area contributed by atoms with Crippen LogP contribution in [0.2, 0.25) is 0 Å². The minimum Gasteiger partial charge on any atom is -0.468 e. The average Bonchev–Trinajstić information content (AvgIpc) is 3.22. The zero-order valence-corrected chi connectivity index (χ0v) is 17.7. The van der Waals surface area contributed by atoms with Gasteiger partial charge in [0.1, 0.15) is 11.3 Å². The highest BCUT2D eigenvalue weighted by molar-refractivity contribution is 7.98. The molecule has 0 bridgehead atoms. The van der Waals surface area contributed by atoms with E-state index in [4.69, 9.17) is 14.1 Å². The molecule has 0 saturated carbocycles. The number of fused-ring (bicyclic) bond motifs is 1. The number of esters is 1. The molecule has 2 aromatic heterocycles. The van der Waals surface area contributed by atoms with Crippen molar-refractivity contribution in [3.63, 3.8) is 0 Å². The number of carbonyl (C=O) groups excluding carboxylic acids is 1. The zero-order valence-electron chi connectivity index (χ0n) is 16.8. The molecule has 4 rings (SSSR count). The van der Waals surface area contributed by atoms with Crippen molar-refractivity contribution in [2.24, 2.45) is 0 Å². The topological polar surface area (TPSA) is 74.3 Å². The molecule has 0 aliphatic rings. The van der Waals surface area contributed by atoms with Crippen molar-refractivity contribution >= 4 is 28.6 Å². The molecule has 30 heavy (non-hydrogen) atoms. The summed E-state index contributed by atoms with van der Waals surface area (Å²) in [5.74, 6) is 0.341. The van der Waals surface area contributed by atoms with Crippen molar-refractivity contribution in [3.05, 3.63) is 87.6 Å². The molecule has 152 valence electrons. The standard InChI is InChI=1S/C23H20N2O4S/c1-14-7-6-8-15(2)20(14)25-21(26)16-9-4-5-10-18(16)24-23(25)30-13-19-17(11-12-29-19)22(27)28-3/h4-12H,13H2,1-3H3. The van der Waals surface area contributed by atoms with Crippen LogP contribution in [-0.4, -0.2) is 22.6 Å². The molecule has 0 unspecified atom stereocenters. The summed E-state index contributed by atoms with van der Waals surface area (Å²) in [4.78, 5) is 30.2. The van der Waals surface area contributed by atoms with Gasteiger partial charge in [-0.15, -0.1) is 0 Å². The van der Waals surface area contributed by atoms with Gasteiger partial charge in [0.15, 0.2) is 5.16 Å². The number of nitrogens with zero attached hydrogens (tertiary/aromatic N) is 2. The molecule has 0 fully saturated rings. The fourth-order valence-corrected chi connectivity index (χ4v) is 4.39. The van der Waals surface area contributed by atoms with Crippen LogP contribution in [0.1, 0.15) is 27.2 Å². The number of aromatic nitrogens is 2. The van der Waals surface area contributed by atoms with E-state index in [-0.39, 0.29) is 5.56 Å². The first-order chi connectivity index (χ1) is 14.5. The van der Waals surface area contributed by atoms with Gasteiger partial charge < -0.3 is 9.15 Å². The van der Waals surface area contributed by atoms with Gasteiger partial charge in [0.2, 0.25) is 0 Å². The summed E-state index contributed by atoms with van der Waals surface area (Å²) < 4.78 is 11.9. The van der Waals surface area contributed by atoms with E-state index in [0.29, 0.717) is 33.1 Å². The van der Waals surface area contributed by atoms with Crippen molar-refractivity contribution in [2.45, 2.75) is 24.8 Å². The zero-order chi connectivity index (χ0) is 21.3. The van der Waals surface area contributed by atoms with E-state index in [1.807, 2.05) is 50.2 Å². The predicted octanol–water partition coefficient (Wildman–Crippen LogP) is 4.67. The van der Waals surface area contributed by atoms with Gasteiger partial charge in [-0.2, -0.15) is 0 Å². The summed E-state index contributed by atoms with van der Waals surface area (Å²) in [6.45, 7) is 3.95. The average molecular weight is 420 g/mol. The highest BCUT2D eigenvalue weighted by atomic mass is 32.2. The van der Waals surface area contributed by atoms with Crippen molar-refractivity contribution < 1.29 is 13.9 Å². The molecule has 0 N–H and O–H groups in total. The molecule has 0 atom stereocenters. The smallest absolute Gasteiger partial charge is 0.341 e. The quantitative estimate of drug-likeness (QED) is 0.265. The lowest BCUT2D eigenvalue weighted by molar-refractivity contribution is 0.0598. The van der Waals surface area contributed by atoms with Gasteiger partial charge in [-0.05, 0) is 43.2 Å². The van der Waals surface area contributed by atoms with E-state index < -0.39 is 5.97 Å². The van der Waals surface area contributed by atoms with Crippen LogP contribution in [0.15, 0.2) is 69.2 Å². The summed E-state index contributed by atoms with van der Waals surface area (Å²) in [5.41, 5.74) is 3.63. The normalized spacial score (nSPS) is 11.0. The van der Waals surface area contributed by atoms with Crippen LogP contribution < -0.4 is 5.56 Å². The van der Waals surface area contributed by atoms with Crippen LogP contribution in [-0.2, 0) is 10.5 Å². The molecule has 2 heterocycles.